The van der Waals surface area contributed by atoms with Crippen molar-refractivity contribution < 1.29 is 4.79 Å². The first kappa shape index (κ1) is 13.1. The molecular weight excluding hydrogens is 242 g/mol. The van der Waals surface area contributed by atoms with E-state index >= 15 is 0 Å². The van der Waals surface area contributed by atoms with E-state index in [1.54, 1.807) is 29.1 Å². The molecule has 0 saturated carbocycles. The number of rotatable bonds is 5. The van der Waals surface area contributed by atoms with Gasteiger partial charge in [-0.3, -0.25) is 15.3 Å². The van der Waals surface area contributed by atoms with E-state index in [9.17, 15) is 4.79 Å². The molecule has 0 aliphatic heterocycles. The summed E-state index contributed by atoms with van der Waals surface area (Å²) in [6, 6.07) is 7.11. The lowest BCUT2D eigenvalue weighted by Crippen LogP contribution is -2.27. The van der Waals surface area contributed by atoms with Gasteiger partial charge in [0.2, 0.25) is 0 Å². The van der Waals surface area contributed by atoms with E-state index in [-0.39, 0.29) is 5.91 Å². The maximum Gasteiger partial charge on any atom is 0.253 e. The molecule has 0 aliphatic carbocycles. The Balaban J connectivity index is 1.90. The van der Waals surface area contributed by atoms with Crippen molar-refractivity contribution in [2.75, 3.05) is 12.0 Å². The van der Waals surface area contributed by atoms with Crippen LogP contribution < -0.4 is 16.6 Å². The predicted octanol–water partition coefficient (Wildman–Crippen LogP) is 0.678. The Morgan fingerprint density at radius 1 is 1.42 bits per heavy atom. The van der Waals surface area contributed by atoms with Crippen molar-refractivity contribution >= 4 is 11.6 Å². The highest BCUT2D eigenvalue weighted by Gasteiger charge is 2.09. The number of hydrazine groups is 1. The molecule has 0 aliphatic rings. The van der Waals surface area contributed by atoms with Crippen molar-refractivity contribution in [3.63, 3.8) is 0 Å². The van der Waals surface area contributed by atoms with E-state index in [2.05, 4.69) is 15.8 Å². The first-order valence-corrected chi connectivity index (χ1v) is 6.02. The molecule has 1 heterocycles. The molecule has 0 radical (unpaired) electrons. The van der Waals surface area contributed by atoms with Crippen LogP contribution in [0.4, 0.5) is 5.69 Å². The van der Waals surface area contributed by atoms with Crippen LogP contribution in [0.25, 0.3) is 0 Å². The summed E-state index contributed by atoms with van der Waals surface area (Å²) in [6.07, 6.45) is 4.47. The number of amides is 1. The summed E-state index contributed by atoms with van der Waals surface area (Å²) in [7, 11) is 1.87. The highest BCUT2D eigenvalue weighted by Crippen LogP contribution is 2.12. The summed E-state index contributed by atoms with van der Waals surface area (Å²) in [4.78, 5) is 12.0. The van der Waals surface area contributed by atoms with E-state index in [0.717, 1.165) is 12.0 Å². The molecule has 2 aromatic rings. The molecule has 0 fully saturated rings. The number of hydrogen-bond acceptors (Lipinski definition) is 4. The maximum atomic E-state index is 12.0. The molecule has 100 valence electrons. The third kappa shape index (κ3) is 3.32. The Hall–Kier alpha value is -2.34. The summed E-state index contributed by atoms with van der Waals surface area (Å²) >= 11 is 0. The van der Waals surface area contributed by atoms with Gasteiger partial charge >= 0.3 is 0 Å². The minimum absolute atomic E-state index is 0.141. The molecule has 1 amide bonds. The molecule has 2 rings (SSSR count). The van der Waals surface area contributed by atoms with Crippen LogP contribution in [0.3, 0.4) is 0 Å². The topological polar surface area (TPSA) is 85.0 Å². The smallest absolute Gasteiger partial charge is 0.253 e. The minimum Gasteiger partial charge on any atom is -0.352 e. The molecule has 1 aromatic heterocycles. The van der Waals surface area contributed by atoms with Gasteiger partial charge in [0.1, 0.15) is 0 Å². The molecule has 0 spiro atoms. The number of hydrogen-bond donors (Lipinski definition) is 3. The van der Waals surface area contributed by atoms with Crippen LogP contribution in [-0.4, -0.2) is 22.2 Å². The van der Waals surface area contributed by atoms with Gasteiger partial charge in [0.05, 0.1) is 17.4 Å². The zero-order valence-electron chi connectivity index (χ0n) is 10.8. The quantitative estimate of drug-likeness (QED) is 0.544. The Bertz CT molecular complexity index is 564. The third-order valence-electron chi connectivity index (χ3n) is 2.78. The van der Waals surface area contributed by atoms with E-state index < -0.39 is 0 Å². The molecule has 1 aromatic carbocycles. The molecular formula is C13H17N5O. The van der Waals surface area contributed by atoms with Crippen LogP contribution in [0.5, 0.6) is 0 Å². The number of para-hydroxylation sites is 1. The summed E-state index contributed by atoms with van der Waals surface area (Å²) in [5, 5.41) is 6.94. The number of carbonyl (C=O) groups excluding carboxylic acids is 1. The van der Waals surface area contributed by atoms with Crippen molar-refractivity contribution in [2.45, 2.75) is 6.42 Å². The van der Waals surface area contributed by atoms with Crippen LogP contribution in [0.2, 0.25) is 0 Å². The Morgan fingerprint density at radius 3 is 2.89 bits per heavy atom. The van der Waals surface area contributed by atoms with Gasteiger partial charge < -0.3 is 10.7 Å². The van der Waals surface area contributed by atoms with Crippen LogP contribution in [0.1, 0.15) is 15.9 Å². The van der Waals surface area contributed by atoms with E-state index in [4.69, 9.17) is 5.84 Å². The average molecular weight is 259 g/mol. The normalized spacial score (nSPS) is 10.2. The summed E-state index contributed by atoms with van der Waals surface area (Å²) in [5.74, 6) is 5.23. The molecule has 4 N–H and O–H groups in total. The van der Waals surface area contributed by atoms with Crippen molar-refractivity contribution in [3.05, 3.63) is 47.8 Å². The van der Waals surface area contributed by atoms with Gasteiger partial charge in [-0.05, 0) is 24.1 Å². The number of benzene rings is 1. The van der Waals surface area contributed by atoms with Crippen molar-refractivity contribution in [1.29, 1.82) is 0 Å². The molecule has 0 unspecified atom stereocenters. The number of aromatic nitrogens is 2. The highest BCUT2D eigenvalue weighted by atomic mass is 16.1. The van der Waals surface area contributed by atoms with Crippen LogP contribution in [-0.2, 0) is 13.5 Å². The zero-order chi connectivity index (χ0) is 13.7. The minimum atomic E-state index is -0.141. The van der Waals surface area contributed by atoms with Gasteiger partial charge in [-0.15, -0.1) is 0 Å². The standard InChI is InChI=1S/C13H17N5O/c1-18-9-10(8-16-18)6-7-15-13(19)11-4-2-3-5-12(11)17-14/h2-5,8-9,17H,6-7,14H2,1H3,(H,15,19). The lowest BCUT2D eigenvalue weighted by atomic mass is 10.1. The number of nitrogens with zero attached hydrogens (tertiary/aromatic N) is 2. The molecule has 19 heavy (non-hydrogen) atoms. The largest absolute Gasteiger partial charge is 0.352 e. The van der Waals surface area contributed by atoms with Gasteiger partial charge in [-0.1, -0.05) is 12.1 Å². The second-order valence-electron chi connectivity index (χ2n) is 4.22. The fourth-order valence-electron chi connectivity index (χ4n) is 1.82. The van der Waals surface area contributed by atoms with Gasteiger partial charge in [0.25, 0.3) is 5.91 Å². The predicted molar refractivity (Wildman–Crippen MR) is 73.5 cm³/mol. The summed E-state index contributed by atoms with van der Waals surface area (Å²) in [6.45, 7) is 0.559. The molecule has 0 saturated heterocycles. The zero-order valence-corrected chi connectivity index (χ0v) is 10.8. The fourth-order valence-corrected chi connectivity index (χ4v) is 1.82. The van der Waals surface area contributed by atoms with Crippen molar-refractivity contribution in [3.8, 4) is 0 Å². The Labute approximate surface area is 111 Å². The highest BCUT2D eigenvalue weighted by molar-refractivity contribution is 5.99. The van der Waals surface area contributed by atoms with Crippen molar-refractivity contribution in [1.82, 2.24) is 15.1 Å². The van der Waals surface area contributed by atoms with Gasteiger partial charge in [-0.2, -0.15) is 5.10 Å². The van der Waals surface area contributed by atoms with E-state index in [1.165, 1.54) is 0 Å². The Morgan fingerprint density at radius 2 is 2.21 bits per heavy atom. The molecule has 0 bridgehead atoms. The second kappa shape index (κ2) is 6.01. The van der Waals surface area contributed by atoms with Crippen LogP contribution >= 0.6 is 0 Å². The van der Waals surface area contributed by atoms with E-state index in [1.807, 2.05) is 19.3 Å². The SMILES string of the molecule is Cn1cc(CCNC(=O)c2ccccc2NN)cn1. The van der Waals surface area contributed by atoms with Gasteiger partial charge in [-0.25, -0.2) is 0 Å². The summed E-state index contributed by atoms with van der Waals surface area (Å²) < 4.78 is 1.74. The van der Waals surface area contributed by atoms with Crippen molar-refractivity contribution in [2.24, 2.45) is 12.9 Å². The number of aryl methyl sites for hydroxylation is 1. The lowest BCUT2D eigenvalue weighted by Gasteiger charge is -2.08. The molecule has 6 nitrogen and oxygen atoms in total. The maximum absolute atomic E-state index is 12.0. The van der Waals surface area contributed by atoms with E-state index in [0.29, 0.717) is 17.8 Å². The monoisotopic (exact) mass is 259 g/mol. The second-order valence-corrected chi connectivity index (χ2v) is 4.22. The number of nitrogens with one attached hydrogen (secondary N) is 2. The summed E-state index contributed by atoms with van der Waals surface area (Å²) in [5.41, 5.74) is 4.76. The van der Waals surface area contributed by atoms with Gasteiger partial charge in [0, 0.05) is 19.8 Å². The molecule has 0 atom stereocenters. The average Bonchev–Trinajstić information content (AvgIpc) is 2.84. The third-order valence-corrected chi connectivity index (χ3v) is 2.78. The number of nitrogens with two attached hydrogens (primary N) is 1. The Kier molecular flexibility index (Phi) is 4.15. The number of anilines is 1. The van der Waals surface area contributed by atoms with Gasteiger partial charge in [0.15, 0.2) is 0 Å². The number of nitrogen functional groups attached to an aromatic ring is 1. The first-order chi connectivity index (χ1) is 9.20. The first-order valence-electron chi connectivity index (χ1n) is 6.02. The molecule has 6 heteroatoms. The fraction of sp³-hybridized carbons (Fsp3) is 0.231. The lowest BCUT2D eigenvalue weighted by molar-refractivity contribution is 0.0955. The number of carbonyl (C=O) groups is 1. The van der Waals surface area contributed by atoms with Crippen LogP contribution in [0, 0.1) is 0 Å². The van der Waals surface area contributed by atoms with Crippen LogP contribution in [0.15, 0.2) is 36.7 Å².